The fourth-order valence-electron chi connectivity index (χ4n) is 2.86. The molecular weight excluding hydrogens is 361 g/mol. The van der Waals surface area contributed by atoms with Gasteiger partial charge in [0.15, 0.2) is 6.61 Å². The summed E-state index contributed by atoms with van der Waals surface area (Å²) >= 11 is 0. The number of benzene rings is 2. The molecule has 0 unspecified atom stereocenters. The van der Waals surface area contributed by atoms with Crippen LogP contribution < -0.4 is 4.90 Å². The summed E-state index contributed by atoms with van der Waals surface area (Å²) in [5, 5.41) is 0. The average molecular weight is 378 g/mol. The number of carbonyl (C=O) groups is 2. The zero-order valence-corrected chi connectivity index (χ0v) is 14.3. The van der Waals surface area contributed by atoms with Crippen molar-refractivity contribution in [2.24, 2.45) is 0 Å². The van der Waals surface area contributed by atoms with Crippen LogP contribution in [0.5, 0.6) is 0 Å². The van der Waals surface area contributed by atoms with E-state index in [1.165, 1.54) is 11.0 Å². The normalized spacial score (nSPS) is 14.2. The van der Waals surface area contributed by atoms with E-state index in [0.29, 0.717) is 31.9 Å². The average Bonchev–Trinajstić information content (AvgIpc) is 2.68. The van der Waals surface area contributed by atoms with Crippen molar-refractivity contribution in [2.75, 3.05) is 37.7 Å². The van der Waals surface area contributed by atoms with E-state index in [-0.39, 0.29) is 5.82 Å². The van der Waals surface area contributed by atoms with Crippen LogP contribution >= 0.6 is 0 Å². The highest BCUT2D eigenvalue weighted by Gasteiger charge is 2.24. The Morgan fingerprint density at radius 2 is 1.63 bits per heavy atom. The van der Waals surface area contributed by atoms with Crippen LogP contribution in [0, 0.1) is 17.5 Å². The van der Waals surface area contributed by atoms with Crippen molar-refractivity contribution in [3.63, 3.8) is 0 Å². The molecule has 0 spiro atoms. The zero-order valence-electron chi connectivity index (χ0n) is 14.3. The molecule has 1 amide bonds. The van der Waals surface area contributed by atoms with Gasteiger partial charge in [-0.2, -0.15) is 0 Å². The van der Waals surface area contributed by atoms with E-state index in [9.17, 15) is 22.8 Å². The van der Waals surface area contributed by atoms with Crippen molar-refractivity contribution in [1.29, 1.82) is 0 Å². The van der Waals surface area contributed by atoms with Crippen LogP contribution in [0.3, 0.4) is 0 Å². The fraction of sp³-hybridized carbons (Fsp3) is 0.263. The molecule has 0 saturated carbocycles. The highest BCUT2D eigenvalue weighted by molar-refractivity contribution is 5.91. The number of hydrogen-bond donors (Lipinski definition) is 0. The quantitative estimate of drug-likeness (QED) is 0.768. The van der Waals surface area contributed by atoms with E-state index in [2.05, 4.69) is 0 Å². The maximum atomic E-state index is 13.8. The minimum absolute atomic E-state index is 0.330. The smallest absolute Gasteiger partial charge is 0.341 e. The molecule has 1 aliphatic heterocycles. The van der Waals surface area contributed by atoms with Gasteiger partial charge >= 0.3 is 5.97 Å². The lowest BCUT2D eigenvalue weighted by Crippen LogP contribution is -2.50. The van der Waals surface area contributed by atoms with Gasteiger partial charge in [0, 0.05) is 26.2 Å². The van der Waals surface area contributed by atoms with E-state index in [0.717, 1.165) is 18.2 Å². The maximum Gasteiger partial charge on any atom is 0.341 e. The summed E-state index contributed by atoms with van der Waals surface area (Å²) in [6, 6.07) is 8.80. The number of halogens is 3. The van der Waals surface area contributed by atoms with Crippen molar-refractivity contribution in [3.05, 3.63) is 65.5 Å². The number of rotatable bonds is 4. The molecule has 0 aliphatic carbocycles. The second-order valence-corrected chi connectivity index (χ2v) is 6.02. The molecule has 5 nitrogen and oxygen atoms in total. The van der Waals surface area contributed by atoms with E-state index in [4.69, 9.17) is 4.74 Å². The Labute approximate surface area is 153 Å². The van der Waals surface area contributed by atoms with Crippen molar-refractivity contribution in [1.82, 2.24) is 4.90 Å². The van der Waals surface area contributed by atoms with Gasteiger partial charge in [-0.25, -0.2) is 18.0 Å². The first-order chi connectivity index (χ1) is 13.0. The summed E-state index contributed by atoms with van der Waals surface area (Å²) in [5.74, 6) is -3.59. The monoisotopic (exact) mass is 378 g/mol. The number of hydrogen-bond acceptors (Lipinski definition) is 4. The second-order valence-electron chi connectivity index (χ2n) is 6.02. The molecule has 1 heterocycles. The molecule has 8 heteroatoms. The predicted molar refractivity (Wildman–Crippen MR) is 91.8 cm³/mol. The molecule has 0 atom stereocenters. The largest absolute Gasteiger partial charge is 0.452 e. The highest BCUT2D eigenvalue weighted by Crippen LogP contribution is 2.20. The molecule has 142 valence electrons. The lowest BCUT2D eigenvalue weighted by Gasteiger charge is -2.36. The Hall–Kier alpha value is -3.03. The van der Waals surface area contributed by atoms with Gasteiger partial charge in [-0.3, -0.25) is 4.79 Å². The summed E-state index contributed by atoms with van der Waals surface area (Å²) in [6.07, 6.45) is 0. The fourth-order valence-corrected chi connectivity index (χ4v) is 2.86. The Balaban J connectivity index is 1.52. The molecule has 27 heavy (non-hydrogen) atoms. The zero-order chi connectivity index (χ0) is 19.4. The lowest BCUT2D eigenvalue weighted by atomic mass is 10.2. The SMILES string of the molecule is O=C(OCC(=O)N1CCN(c2ccccc2F)CC1)c1cc(F)ccc1F. The number of piperazine rings is 1. The number of anilines is 1. The van der Waals surface area contributed by atoms with Crippen molar-refractivity contribution < 1.29 is 27.5 Å². The van der Waals surface area contributed by atoms with Gasteiger partial charge in [0.2, 0.25) is 0 Å². The highest BCUT2D eigenvalue weighted by atomic mass is 19.1. The van der Waals surface area contributed by atoms with Gasteiger partial charge in [0.25, 0.3) is 5.91 Å². The van der Waals surface area contributed by atoms with E-state index in [1.54, 1.807) is 18.2 Å². The third kappa shape index (κ3) is 4.39. The van der Waals surface area contributed by atoms with Crippen LogP contribution in [-0.4, -0.2) is 49.6 Å². The lowest BCUT2D eigenvalue weighted by molar-refractivity contribution is -0.134. The summed E-state index contributed by atoms with van der Waals surface area (Å²) in [7, 11) is 0. The van der Waals surface area contributed by atoms with Gasteiger partial charge in [-0.1, -0.05) is 12.1 Å². The van der Waals surface area contributed by atoms with Crippen molar-refractivity contribution in [2.45, 2.75) is 0 Å². The maximum absolute atomic E-state index is 13.8. The molecule has 0 bridgehead atoms. The van der Waals surface area contributed by atoms with Crippen LogP contribution in [-0.2, 0) is 9.53 Å². The minimum Gasteiger partial charge on any atom is -0.452 e. The molecule has 1 fully saturated rings. The van der Waals surface area contributed by atoms with Gasteiger partial charge < -0.3 is 14.5 Å². The third-order valence-electron chi connectivity index (χ3n) is 4.30. The van der Waals surface area contributed by atoms with Gasteiger partial charge in [-0.15, -0.1) is 0 Å². The molecule has 0 radical (unpaired) electrons. The Morgan fingerprint density at radius 1 is 0.926 bits per heavy atom. The van der Waals surface area contributed by atoms with Crippen LogP contribution in [0.2, 0.25) is 0 Å². The number of carbonyl (C=O) groups excluding carboxylic acids is 2. The summed E-state index contributed by atoms with van der Waals surface area (Å²) in [6.45, 7) is 0.949. The topological polar surface area (TPSA) is 49.9 Å². The standard InChI is InChI=1S/C19H17F3N2O3/c20-13-5-6-15(21)14(11-13)19(26)27-12-18(25)24-9-7-23(8-10-24)17-4-2-1-3-16(17)22/h1-6,11H,7-10,12H2. The van der Waals surface area contributed by atoms with E-state index >= 15 is 0 Å². The third-order valence-corrected chi connectivity index (χ3v) is 4.30. The first-order valence-corrected chi connectivity index (χ1v) is 8.35. The molecular formula is C19H17F3N2O3. The number of nitrogens with zero attached hydrogens (tertiary/aromatic N) is 2. The van der Waals surface area contributed by atoms with Crippen LogP contribution in [0.4, 0.5) is 18.9 Å². The Morgan fingerprint density at radius 3 is 2.33 bits per heavy atom. The van der Waals surface area contributed by atoms with Crippen molar-refractivity contribution in [3.8, 4) is 0 Å². The van der Waals surface area contributed by atoms with Gasteiger partial charge in [-0.05, 0) is 30.3 Å². The molecule has 0 aromatic heterocycles. The molecule has 2 aromatic rings. The first-order valence-electron chi connectivity index (χ1n) is 8.35. The molecule has 0 N–H and O–H groups in total. The van der Waals surface area contributed by atoms with E-state index in [1.807, 2.05) is 4.90 Å². The molecule has 3 rings (SSSR count). The summed E-state index contributed by atoms with van der Waals surface area (Å²) < 4.78 is 45.3. The number of para-hydroxylation sites is 1. The molecule has 2 aromatic carbocycles. The van der Waals surface area contributed by atoms with Crippen LogP contribution in [0.15, 0.2) is 42.5 Å². The van der Waals surface area contributed by atoms with Crippen LogP contribution in [0.25, 0.3) is 0 Å². The van der Waals surface area contributed by atoms with Gasteiger partial charge in [0.1, 0.15) is 17.5 Å². The Bertz CT molecular complexity index is 852. The van der Waals surface area contributed by atoms with Crippen LogP contribution in [0.1, 0.15) is 10.4 Å². The number of ether oxygens (including phenoxy) is 1. The first kappa shape index (κ1) is 18.8. The second kappa shape index (κ2) is 8.11. The Kier molecular flexibility index (Phi) is 5.63. The molecule has 1 saturated heterocycles. The number of esters is 1. The summed E-state index contributed by atoms with van der Waals surface area (Å²) in [4.78, 5) is 27.3. The van der Waals surface area contributed by atoms with E-state index < -0.39 is 35.7 Å². The minimum atomic E-state index is -1.11. The number of amides is 1. The predicted octanol–water partition coefficient (Wildman–Crippen LogP) is 2.61. The van der Waals surface area contributed by atoms with Crippen molar-refractivity contribution >= 4 is 17.6 Å². The summed E-state index contributed by atoms with van der Waals surface area (Å²) in [5.41, 5.74) is -0.0928. The molecule has 1 aliphatic rings. The van der Waals surface area contributed by atoms with Gasteiger partial charge in [0.05, 0.1) is 11.3 Å².